The lowest BCUT2D eigenvalue weighted by Gasteiger charge is -2.06. The van der Waals surface area contributed by atoms with Crippen LogP contribution in [0.5, 0.6) is 11.6 Å². The number of ether oxygens (including phenoxy) is 1. The monoisotopic (exact) mass is 275 g/mol. The van der Waals surface area contributed by atoms with Gasteiger partial charge in [-0.1, -0.05) is 11.6 Å². The second-order valence-corrected chi connectivity index (χ2v) is 3.82. The van der Waals surface area contributed by atoms with Gasteiger partial charge in [0.05, 0.1) is 10.5 Å². The summed E-state index contributed by atoms with van der Waals surface area (Å²) in [5.74, 6) is 0.421. The van der Waals surface area contributed by atoms with Gasteiger partial charge in [0.2, 0.25) is 5.88 Å². The van der Waals surface area contributed by atoms with Gasteiger partial charge >= 0.3 is 0 Å². The summed E-state index contributed by atoms with van der Waals surface area (Å²) in [5, 5.41) is 19.4. The zero-order chi connectivity index (χ0) is 13.8. The van der Waals surface area contributed by atoms with E-state index in [1.54, 1.807) is 0 Å². The molecule has 0 amide bonds. The van der Waals surface area contributed by atoms with E-state index >= 15 is 0 Å². The molecule has 7 heteroatoms. The SMILES string of the molecule is N#Cc1ccnc(Oc2ccc([N+](=O)[O-])cc2)c1Cl. The zero-order valence-corrected chi connectivity index (χ0v) is 10.2. The molecule has 0 aliphatic heterocycles. The van der Waals surface area contributed by atoms with Crippen LogP contribution in [0.1, 0.15) is 5.56 Å². The molecule has 0 fully saturated rings. The Labute approximate surface area is 113 Å². The van der Waals surface area contributed by atoms with Gasteiger partial charge in [-0.3, -0.25) is 10.1 Å². The molecular weight excluding hydrogens is 270 g/mol. The Morgan fingerprint density at radius 2 is 2.00 bits per heavy atom. The van der Waals surface area contributed by atoms with E-state index in [2.05, 4.69) is 4.98 Å². The lowest BCUT2D eigenvalue weighted by Crippen LogP contribution is -1.92. The summed E-state index contributed by atoms with van der Waals surface area (Å²) in [6, 6.07) is 8.83. The third-order valence-corrected chi connectivity index (χ3v) is 2.61. The Balaban J connectivity index is 2.27. The fraction of sp³-hybridized carbons (Fsp3) is 0. The van der Waals surface area contributed by atoms with Crippen LogP contribution in [0.15, 0.2) is 36.5 Å². The number of non-ortho nitro benzene ring substituents is 1. The Morgan fingerprint density at radius 3 is 2.58 bits per heavy atom. The molecule has 0 unspecified atom stereocenters. The molecule has 0 saturated carbocycles. The Hall–Kier alpha value is -2.65. The number of nitro groups is 1. The largest absolute Gasteiger partial charge is 0.437 e. The summed E-state index contributed by atoms with van der Waals surface area (Å²) < 4.78 is 5.37. The summed E-state index contributed by atoms with van der Waals surface area (Å²) in [5.41, 5.74) is 0.200. The number of halogens is 1. The van der Waals surface area contributed by atoms with Gasteiger partial charge in [0.25, 0.3) is 5.69 Å². The maximum absolute atomic E-state index is 10.5. The molecule has 2 aromatic rings. The molecule has 1 aromatic carbocycles. The average Bonchev–Trinajstić information content (AvgIpc) is 2.42. The lowest BCUT2D eigenvalue weighted by molar-refractivity contribution is -0.384. The van der Waals surface area contributed by atoms with Crippen LogP contribution in [0.4, 0.5) is 5.69 Å². The van der Waals surface area contributed by atoms with Crippen molar-refractivity contribution in [2.75, 3.05) is 0 Å². The number of rotatable bonds is 3. The van der Waals surface area contributed by atoms with Crippen LogP contribution in [-0.2, 0) is 0 Å². The van der Waals surface area contributed by atoms with Gasteiger partial charge in [-0.25, -0.2) is 4.98 Å². The maximum Gasteiger partial charge on any atom is 0.269 e. The third-order valence-electron chi connectivity index (χ3n) is 2.24. The van der Waals surface area contributed by atoms with E-state index < -0.39 is 4.92 Å². The summed E-state index contributed by atoms with van der Waals surface area (Å²) in [7, 11) is 0. The predicted octanol–water partition coefficient (Wildman–Crippen LogP) is 3.31. The van der Waals surface area contributed by atoms with Crippen molar-refractivity contribution < 1.29 is 9.66 Å². The van der Waals surface area contributed by atoms with E-state index in [0.717, 1.165) is 0 Å². The highest BCUT2D eigenvalue weighted by Crippen LogP contribution is 2.30. The van der Waals surface area contributed by atoms with E-state index in [-0.39, 0.29) is 22.2 Å². The summed E-state index contributed by atoms with van der Waals surface area (Å²) in [6.45, 7) is 0. The molecular formula is C12H6ClN3O3. The minimum atomic E-state index is -0.509. The summed E-state index contributed by atoms with van der Waals surface area (Å²) in [6.07, 6.45) is 1.39. The van der Waals surface area contributed by atoms with Crippen LogP contribution in [0.2, 0.25) is 5.02 Å². The van der Waals surface area contributed by atoms with Crippen molar-refractivity contribution in [3.05, 3.63) is 57.2 Å². The zero-order valence-electron chi connectivity index (χ0n) is 9.41. The van der Waals surface area contributed by atoms with Crippen molar-refractivity contribution in [2.24, 2.45) is 0 Å². The normalized spacial score (nSPS) is 9.68. The number of benzene rings is 1. The highest BCUT2D eigenvalue weighted by molar-refractivity contribution is 6.33. The summed E-state index contributed by atoms with van der Waals surface area (Å²) in [4.78, 5) is 13.9. The van der Waals surface area contributed by atoms with Crippen molar-refractivity contribution in [3.63, 3.8) is 0 Å². The first kappa shape index (κ1) is 12.8. The van der Waals surface area contributed by atoms with E-state index in [1.807, 2.05) is 6.07 Å². The Kier molecular flexibility index (Phi) is 3.59. The molecule has 0 aliphatic rings. The van der Waals surface area contributed by atoms with Gasteiger partial charge in [-0.05, 0) is 18.2 Å². The van der Waals surface area contributed by atoms with Gasteiger partial charge in [0, 0.05) is 18.3 Å². The molecule has 0 N–H and O–H groups in total. The number of hydrogen-bond donors (Lipinski definition) is 0. The molecule has 1 heterocycles. The van der Waals surface area contributed by atoms with E-state index in [9.17, 15) is 10.1 Å². The predicted molar refractivity (Wildman–Crippen MR) is 67.1 cm³/mol. The molecule has 2 rings (SSSR count). The first-order chi connectivity index (χ1) is 9.11. The van der Waals surface area contributed by atoms with Gasteiger partial charge in [0.1, 0.15) is 16.8 Å². The molecule has 0 saturated heterocycles. The van der Waals surface area contributed by atoms with Gasteiger partial charge in [-0.2, -0.15) is 5.26 Å². The van der Waals surface area contributed by atoms with Crippen molar-refractivity contribution in [2.45, 2.75) is 0 Å². The quantitative estimate of drug-likeness (QED) is 0.633. The van der Waals surface area contributed by atoms with Gasteiger partial charge < -0.3 is 4.74 Å². The second kappa shape index (κ2) is 5.33. The molecule has 0 radical (unpaired) electrons. The van der Waals surface area contributed by atoms with E-state index in [1.165, 1.54) is 36.5 Å². The fourth-order valence-corrected chi connectivity index (χ4v) is 1.52. The van der Waals surface area contributed by atoms with Gasteiger partial charge in [0.15, 0.2) is 0 Å². The van der Waals surface area contributed by atoms with Crippen LogP contribution in [-0.4, -0.2) is 9.91 Å². The van der Waals surface area contributed by atoms with Crippen LogP contribution >= 0.6 is 11.6 Å². The van der Waals surface area contributed by atoms with Gasteiger partial charge in [-0.15, -0.1) is 0 Å². The number of hydrogen-bond acceptors (Lipinski definition) is 5. The van der Waals surface area contributed by atoms with Crippen molar-refractivity contribution in [3.8, 4) is 17.7 Å². The van der Waals surface area contributed by atoms with Crippen LogP contribution in [0.25, 0.3) is 0 Å². The molecule has 6 nitrogen and oxygen atoms in total. The number of pyridine rings is 1. The average molecular weight is 276 g/mol. The molecule has 94 valence electrons. The van der Waals surface area contributed by atoms with Crippen molar-refractivity contribution in [1.82, 2.24) is 4.98 Å². The van der Waals surface area contributed by atoms with E-state index in [0.29, 0.717) is 5.75 Å². The Bertz CT molecular complexity index is 665. The van der Waals surface area contributed by atoms with Crippen molar-refractivity contribution in [1.29, 1.82) is 5.26 Å². The fourth-order valence-electron chi connectivity index (χ4n) is 1.33. The molecule has 1 aromatic heterocycles. The topological polar surface area (TPSA) is 89.0 Å². The minimum absolute atomic E-state index is 0.0443. The molecule has 0 aliphatic carbocycles. The highest BCUT2D eigenvalue weighted by Gasteiger charge is 2.10. The number of nitro benzene ring substituents is 1. The Morgan fingerprint density at radius 1 is 1.32 bits per heavy atom. The lowest BCUT2D eigenvalue weighted by atomic mass is 10.3. The van der Waals surface area contributed by atoms with Crippen molar-refractivity contribution >= 4 is 17.3 Å². The van der Waals surface area contributed by atoms with Crippen LogP contribution in [0, 0.1) is 21.4 Å². The molecule has 0 atom stereocenters. The summed E-state index contributed by atoms with van der Waals surface area (Å²) >= 11 is 5.92. The molecule has 19 heavy (non-hydrogen) atoms. The van der Waals surface area contributed by atoms with Crippen LogP contribution < -0.4 is 4.74 Å². The molecule has 0 spiro atoms. The smallest absolute Gasteiger partial charge is 0.269 e. The maximum atomic E-state index is 10.5. The third kappa shape index (κ3) is 2.78. The standard InChI is InChI=1S/C12H6ClN3O3/c13-11-8(7-14)5-6-15-12(11)19-10-3-1-9(2-4-10)16(17)18/h1-6H. The highest BCUT2D eigenvalue weighted by atomic mass is 35.5. The number of aromatic nitrogens is 1. The minimum Gasteiger partial charge on any atom is -0.437 e. The molecule has 0 bridgehead atoms. The number of nitrogens with zero attached hydrogens (tertiary/aromatic N) is 3. The first-order valence-electron chi connectivity index (χ1n) is 5.08. The van der Waals surface area contributed by atoms with Crippen LogP contribution in [0.3, 0.4) is 0 Å². The first-order valence-corrected chi connectivity index (χ1v) is 5.46. The second-order valence-electron chi connectivity index (χ2n) is 3.44. The number of nitriles is 1. The van der Waals surface area contributed by atoms with E-state index in [4.69, 9.17) is 21.6 Å².